The molecule has 3 N–H and O–H groups in total. The average Bonchev–Trinajstić information content (AvgIpc) is 3.50. The minimum absolute atomic E-state index is 0.280. The van der Waals surface area contributed by atoms with E-state index in [1.807, 2.05) is 54.3 Å². The van der Waals surface area contributed by atoms with Gasteiger partial charge in [-0.05, 0) is 60.0 Å². The molecule has 2 unspecified atom stereocenters. The van der Waals surface area contributed by atoms with E-state index in [9.17, 15) is 19.7 Å². The lowest BCUT2D eigenvalue weighted by Gasteiger charge is -2.36. The molecule has 0 aliphatic carbocycles. The third-order valence-corrected chi connectivity index (χ3v) is 10.2. The summed E-state index contributed by atoms with van der Waals surface area (Å²) in [5.41, 5.74) is 1.89. The van der Waals surface area contributed by atoms with Crippen LogP contribution in [-0.4, -0.2) is 50.1 Å². The van der Waals surface area contributed by atoms with Crippen LogP contribution in [-0.2, 0) is 31.1 Å². The average molecular weight is 683 g/mol. The smallest absolute Gasteiger partial charge is 0.175 e. The Morgan fingerprint density at radius 3 is 2.20 bits per heavy atom. The number of aliphatic hydroxyl groups excluding tert-OH is 1. The summed E-state index contributed by atoms with van der Waals surface area (Å²) in [5, 5.41) is 32.6. The monoisotopic (exact) mass is 682 g/mol. The van der Waals surface area contributed by atoms with E-state index in [4.69, 9.17) is 36.0 Å². The van der Waals surface area contributed by atoms with Gasteiger partial charge < -0.3 is 25.1 Å². The third kappa shape index (κ3) is 7.20. The Balaban J connectivity index is 0.000000178. The van der Waals surface area contributed by atoms with Crippen molar-refractivity contribution in [3.8, 4) is 0 Å². The maximum Gasteiger partial charge on any atom is 0.175 e. The van der Waals surface area contributed by atoms with E-state index < -0.39 is 17.3 Å². The quantitative estimate of drug-likeness (QED) is 0.196. The van der Waals surface area contributed by atoms with Crippen molar-refractivity contribution in [2.75, 3.05) is 5.75 Å². The molecular weight excluding hydrogens is 651 g/mol. The lowest BCUT2D eigenvalue weighted by molar-refractivity contribution is -0.0677. The van der Waals surface area contributed by atoms with Crippen molar-refractivity contribution >= 4 is 57.1 Å². The zero-order chi connectivity index (χ0) is 32.2. The van der Waals surface area contributed by atoms with Crippen LogP contribution in [0.3, 0.4) is 0 Å². The Hall–Kier alpha value is -3.03. The third-order valence-electron chi connectivity index (χ3n) is 7.85. The van der Waals surface area contributed by atoms with Gasteiger partial charge in [0.15, 0.2) is 11.4 Å². The number of aryl methyl sites for hydroxylation is 1. The van der Waals surface area contributed by atoms with Crippen LogP contribution in [0.2, 0.25) is 5.02 Å². The molecule has 0 spiro atoms. The molecule has 0 amide bonds. The molecule has 0 bridgehead atoms. The fraction of sp³-hybridized carbons (Fsp3) is 0.273. The summed E-state index contributed by atoms with van der Waals surface area (Å²) in [6, 6.07) is 17.3. The molecule has 2 aliphatic heterocycles. The van der Waals surface area contributed by atoms with E-state index in [-0.39, 0.29) is 12.4 Å². The molecular formula is C33H32ClFN4O3S3. The van der Waals surface area contributed by atoms with E-state index in [0.29, 0.717) is 46.4 Å². The highest BCUT2D eigenvalue weighted by Gasteiger charge is 2.46. The molecule has 0 saturated carbocycles. The fourth-order valence-corrected chi connectivity index (χ4v) is 7.48. The number of benzene rings is 2. The number of aliphatic hydroxyl groups is 3. The molecule has 6 rings (SSSR count). The van der Waals surface area contributed by atoms with Crippen LogP contribution in [0, 0.1) is 12.7 Å². The SMILES string of the molecule is Cc1ccc(Cl)c(C2(O)CCC(=S)N2Cc2cccnc2)c1.OCc1ccc(F)cc1C1(O)CSC(=S)N1Cc1cccnc1. The van der Waals surface area contributed by atoms with Gasteiger partial charge in [0.25, 0.3) is 0 Å². The zero-order valence-corrected chi connectivity index (χ0v) is 27.6. The van der Waals surface area contributed by atoms with Gasteiger partial charge in [0.2, 0.25) is 0 Å². The van der Waals surface area contributed by atoms with E-state index in [1.165, 1.54) is 30.0 Å². The van der Waals surface area contributed by atoms with Gasteiger partial charge >= 0.3 is 0 Å². The number of thioether (sulfide) groups is 1. The summed E-state index contributed by atoms with van der Waals surface area (Å²) >= 11 is 18.5. The lowest BCUT2D eigenvalue weighted by Crippen LogP contribution is -2.44. The first kappa shape index (κ1) is 33.3. The second-order valence-electron chi connectivity index (χ2n) is 10.9. The van der Waals surface area contributed by atoms with Crippen LogP contribution in [0.4, 0.5) is 4.39 Å². The Kier molecular flexibility index (Phi) is 10.5. The fourth-order valence-electron chi connectivity index (χ4n) is 5.50. The van der Waals surface area contributed by atoms with Crippen molar-refractivity contribution in [2.45, 2.75) is 50.9 Å². The highest BCUT2D eigenvalue weighted by atomic mass is 35.5. The number of rotatable bonds is 7. The predicted octanol–water partition coefficient (Wildman–Crippen LogP) is 6.20. The van der Waals surface area contributed by atoms with Gasteiger partial charge in [-0.25, -0.2) is 4.39 Å². The molecule has 4 aromatic rings. The second-order valence-corrected chi connectivity index (χ2v) is 13.4. The molecule has 2 aliphatic rings. The van der Waals surface area contributed by atoms with Crippen molar-refractivity contribution in [1.29, 1.82) is 0 Å². The molecule has 12 heteroatoms. The van der Waals surface area contributed by atoms with E-state index in [0.717, 1.165) is 27.2 Å². The minimum Gasteiger partial charge on any atom is -0.392 e. The van der Waals surface area contributed by atoms with Gasteiger partial charge in [0.1, 0.15) is 10.1 Å². The van der Waals surface area contributed by atoms with Crippen LogP contribution in [0.15, 0.2) is 85.5 Å². The first-order valence-corrected chi connectivity index (χ1v) is 16.4. The van der Waals surface area contributed by atoms with Crippen molar-refractivity contribution in [3.05, 3.63) is 130 Å². The largest absolute Gasteiger partial charge is 0.392 e. The lowest BCUT2D eigenvalue weighted by atomic mass is 9.96. The first-order chi connectivity index (χ1) is 21.5. The molecule has 0 radical (unpaired) electrons. The van der Waals surface area contributed by atoms with E-state index in [1.54, 1.807) is 29.7 Å². The van der Waals surface area contributed by atoms with Crippen molar-refractivity contribution in [1.82, 2.24) is 19.8 Å². The summed E-state index contributed by atoms with van der Waals surface area (Å²) in [5.74, 6) is -0.183. The van der Waals surface area contributed by atoms with Crippen LogP contribution >= 0.6 is 47.8 Å². The molecule has 2 atom stereocenters. The predicted molar refractivity (Wildman–Crippen MR) is 183 cm³/mol. The van der Waals surface area contributed by atoms with Crippen LogP contribution in [0.1, 0.15) is 46.2 Å². The first-order valence-electron chi connectivity index (χ1n) is 14.2. The molecule has 2 aromatic heterocycles. The number of nitrogens with zero attached hydrogens (tertiary/aromatic N) is 4. The van der Waals surface area contributed by atoms with Crippen LogP contribution < -0.4 is 0 Å². The summed E-state index contributed by atoms with van der Waals surface area (Å²) in [6.45, 7) is 2.59. The van der Waals surface area contributed by atoms with Gasteiger partial charge in [-0.3, -0.25) is 9.97 Å². The highest BCUT2D eigenvalue weighted by Crippen LogP contribution is 2.43. The summed E-state index contributed by atoms with van der Waals surface area (Å²) in [7, 11) is 0. The number of hydrogen-bond donors (Lipinski definition) is 3. The second kappa shape index (κ2) is 14.2. The standard InChI is InChI=1S/C17H17ClN2OS.C16H15FN2O2S2/c1-12-4-5-15(18)14(9-12)17(21)7-6-16(22)20(17)11-13-3-2-8-19-10-13;17-13-4-3-12(9-20)14(6-13)16(21)10-23-15(22)19(16)8-11-2-1-5-18-7-11/h2-5,8-10,21H,6-7,11H2,1H3;1-7,20-21H,8-10H2. The Morgan fingerprint density at radius 1 is 0.911 bits per heavy atom. The van der Waals surface area contributed by atoms with Gasteiger partial charge in [-0.1, -0.05) is 77.6 Å². The summed E-state index contributed by atoms with van der Waals surface area (Å²) in [4.78, 5) is 12.5. The van der Waals surface area contributed by atoms with Gasteiger partial charge in [0.05, 0.1) is 17.3 Å². The van der Waals surface area contributed by atoms with Crippen molar-refractivity contribution in [3.63, 3.8) is 0 Å². The number of hydrogen-bond acceptors (Lipinski definition) is 8. The number of aromatic nitrogens is 2. The Labute approximate surface area is 281 Å². The van der Waals surface area contributed by atoms with Crippen molar-refractivity contribution in [2.24, 2.45) is 0 Å². The Morgan fingerprint density at radius 2 is 1.58 bits per heavy atom. The summed E-state index contributed by atoms with van der Waals surface area (Å²) in [6.07, 6.45) is 8.12. The van der Waals surface area contributed by atoms with Crippen LogP contribution in [0.5, 0.6) is 0 Å². The topological polar surface area (TPSA) is 93.0 Å². The molecule has 2 aromatic carbocycles. The molecule has 2 fully saturated rings. The number of halogens is 2. The number of likely N-dealkylation sites (tertiary alicyclic amines) is 1. The maximum atomic E-state index is 13.7. The summed E-state index contributed by atoms with van der Waals surface area (Å²) < 4.78 is 14.2. The molecule has 4 heterocycles. The zero-order valence-electron chi connectivity index (χ0n) is 24.4. The maximum absolute atomic E-state index is 13.7. The molecule has 234 valence electrons. The van der Waals surface area contributed by atoms with Crippen LogP contribution in [0.25, 0.3) is 0 Å². The van der Waals surface area contributed by atoms with Gasteiger partial charge in [0, 0.05) is 66.9 Å². The van der Waals surface area contributed by atoms with Gasteiger partial charge in [-0.2, -0.15) is 0 Å². The van der Waals surface area contributed by atoms with Gasteiger partial charge in [-0.15, -0.1) is 0 Å². The normalized spacial score (nSPS) is 21.2. The number of thiocarbonyl (C=S) groups is 2. The van der Waals surface area contributed by atoms with E-state index in [2.05, 4.69) is 9.97 Å². The minimum atomic E-state index is -1.46. The molecule has 2 saturated heterocycles. The Bertz CT molecular complexity index is 1690. The molecule has 45 heavy (non-hydrogen) atoms. The van der Waals surface area contributed by atoms with Crippen molar-refractivity contribution < 1.29 is 19.7 Å². The number of pyridine rings is 2. The highest BCUT2D eigenvalue weighted by molar-refractivity contribution is 8.23. The molecule has 7 nitrogen and oxygen atoms in total. The van der Waals surface area contributed by atoms with E-state index >= 15 is 0 Å².